The number of aliphatic hydroxyl groups is 1. The number of aromatic nitrogens is 1. The van der Waals surface area contributed by atoms with E-state index in [2.05, 4.69) is 41.4 Å². The average Bonchev–Trinajstić information content (AvgIpc) is 2.82. The van der Waals surface area contributed by atoms with E-state index in [0.717, 1.165) is 16.7 Å². The van der Waals surface area contributed by atoms with Gasteiger partial charge in [0.25, 0.3) is 0 Å². The summed E-state index contributed by atoms with van der Waals surface area (Å²) < 4.78 is 0. The molecule has 6 heteroatoms. The molecule has 1 N–H and O–H groups in total. The molecule has 2 aromatic carbocycles. The summed E-state index contributed by atoms with van der Waals surface area (Å²) in [7, 11) is 0. The van der Waals surface area contributed by atoms with Crippen molar-refractivity contribution in [1.82, 2.24) is 14.8 Å². The van der Waals surface area contributed by atoms with E-state index in [1.807, 2.05) is 36.4 Å². The molecule has 3 atom stereocenters. The number of amides is 2. The van der Waals surface area contributed by atoms with Crippen molar-refractivity contribution in [2.75, 3.05) is 19.7 Å². The van der Waals surface area contributed by atoms with Gasteiger partial charge < -0.3 is 14.9 Å². The Bertz CT molecular complexity index is 1100. The molecule has 2 amide bonds. The van der Waals surface area contributed by atoms with Crippen LogP contribution >= 0.6 is 0 Å². The lowest BCUT2D eigenvalue weighted by molar-refractivity contribution is -0.166. The Morgan fingerprint density at radius 3 is 2.38 bits per heavy atom. The summed E-state index contributed by atoms with van der Waals surface area (Å²) >= 11 is 0. The zero-order valence-corrected chi connectivity index (χ0v) is 17.7. The minimum Gasteiger partial charge on any atom is -0.394 e. The summed E-state index contributed by atoms with van der Waals surface area (Å²) in [6.07, 6.45) is 1.85. The molecule has 2 fully saturated rings. The maximum absolute atomic E-state index is 12.9. The molecule has 5 rings (SSSR count). The molecule has 0 bridgehead atoms. The molecule has 0 spiro atoms. The number of piperazine rings is 1. The Balaban J connectivity index is 1.34. The molecule has 3 aromatic rings. The summed E-state index contributed by atoms with van der Waals surface area (Å²) in [6, 6.07) is 23.6. The van der Waals surface area contributed by atoms with Crippen LogP contribution in [0, 0.1) is 0 Å². The fraction of sp³-hybridized carbons (Fsp3) is 0.269. The molecule has 1 aromatic heterocycles. The first kappa shape index (κ1) is 20.4. The number of pyridine rings is 1. The molecule has 2 saturated heterocycles. The molecular formula is C26H25N3O3. The number of carbonyl (C=O) groups excluding carboxylic acids is 2. The second-order valence-corrected chi connectivity index (χ2v) is 8.40. The van der Waals surface area contributed by atoms with Crippen LogP contribution in [0.3, 0.4) is 0 Å². The molecule has 0 unspecified atom stereocenters. The topological polar surface area (TPSA) is 73.7 Å². The predicted octanol–water partition coefficient (Wildman–Crippen LogP) is 2.49. The summed E-state index contributed by atoms with van der Waals surface area (Å²) in [4.78, 5) is 33.3. The van der Waals surface area contributed by atoms with Gasteiger partial charge in [-0.1, -0.05) is 60.7 Å². The van der Waals surface area contributed by atoms with Crippen molar-refractivity contribution in [2.24, 2.45) is 0 Å². The molecule has 3 heterocycles. The summed E-state index contributed by atoms with van der Waals surface area (Å²) in [5.41, 5.74) is 4.05. The van der Waals surface area contributed by atoms with E-state index in [1.54, 1.807) is 16.0 Å². The Hall–Kier alpha value is -3.51. The van der Waals surface area contributed by atoms with Crippen LogP contribution in [-0.2, 0) is 16.0 Å². The van der Waals surface area contributed by atoms with Gasteiger partial charge in [-0.2, -0.15) is 0 Å². The summed E-state index contributed by atoms with van der Waals surface area (Å²) in [5, 5.41) is 9.99. The van der Waals surface area contributed by atoms with Gasteiger partial charge >= 0.3 is 0 Å². The molecule has 2 aliphatic heterocycles. The second-order valence-electron chi connectivity index (χ2n) is 8.40. The van der Waals surface area contributed by atoms with Crippen LogP contribution in [0.4, 0.5) is 0 Å². The monoisotopic (exact) mass is 427 g/mol. The Morgan fingerprint density at radius 1 is 0.969 bits per heavy atom. The highest BCUT2D eigenvalue weighted by molar-refractivity contribution is 5.88. The maximum atomic E-state index is 12.9. The van der Waals surface area contributed by atoms with Gasteiger partial charge in [0, 0.05) is 24.4 Å². The number of fused-ring (bicyclic) bond motifs is 1. The van der Waals surface area contributed by atoms with E-state index in [0.29, 0.717) is 12.2 Å². The van der Waals surface area contributed by atoms with Gasteiger partial charge in [-0.25, -0.2) is 0 Å². The summed E-state index contributed by atoms with van der Waals surface area (Å²) in [6.45, 7) is 0.437. The van der Waals surface area contributed by atoms with Crippen molar-refractivity contribution in [3.63, 3.8) is 0 Å². The Kier molecular flexibility index (Phi) is 5.45. The van der Waals surface area contributed by atoms with Crippen molar-refractivity contribution in [1.29, 1.82) is 0 Å². The first-order valence-corrected chi connectivity index (χ1v) is 10.9. The van der Waals surface area contributed by atoms with E-state index < -0.39 is 0 Å². The molecule has 0 aliphatic carbocycles. The molecule has 2 aliphatic rings. The van der Waals surface area contributed by atoms with Crippen molar-refractivity contribution < 1.29 is 14.7 Å². The largest absolute Gasteiger partial charge is 0.394 e. The van der Waals surface area contributed by atoms with E-state index in [-0.39, 0.29) is 49.4 Å². The fourth-order valence-electron chi connectivity index (χ4n) is 4.99. The number of benzene rings is 2. The third-order valence-corrected chi connectivity index (χ3v) is 6.57. The normalized spacial score (nSPS) is 22.3. The van der Waals surface area contributed by atoms with Crippen LogP contribution in [0.25, 0.3) is 11.1 Å². The van der Waals surface area contributed by atoms with Crippen LogP contribution in [0.5, 0.6) is 0 Å². The van der Waals surface area contributed by atoms with Crippen molar-refractivity contribution in [3.05, 3.63) is 90.3 Å². The van der Waals surface area contributed by atoms with Crippen LogP contribution < -0.4 is 0 Å². The van der Waals surface area contributed by atoms with Crippen molar-refractivity contribution >= 4 is 11.8 Å². The second kappa shape index (κ2) is 8.55. The fourth-order valence-corrected chi connectivity index (χ4v) is 4.99. The number of carbonyl (C=O) groups is 2. The van der Waals surface area contributed by atoms with Crippen LogP contribution in [0.1, 0.15) is 17.2 Å². The number of rotatable bonds is 5. The van der Waals surface area contributed by atoms with Crippen LogP contribution in [0.2, 0.25) is 0 Å². The van der Waals surface area contributed by atoms with Gasteiger partial charge in [-0.3, -0.25) is 14.6 Å². The van der Waals surface area contributed by atoms with Gasteiger partial charge in [0.2, 0.25) is 11.8 Å². The molecule has 6 nitrogen and oxygen atoms in total. The first-order valence-electron chi connectivity index (χ1n) is 10.9. The molecule has 0 radical (unpaired) electrons. The van der Waals surface area contributed by atoms with E-state index in [9.17, 15) is 14.7 Å². The minimum atomic E-state index is -0.247. The smallest absolute Gasteiger partial charge is 0.242 e. The van der Waals surface area contributed by atoms with Gasteiger partial charge in [0.15, 0.2) is 0 Å². The van der Waals surface area contributed by atoms with Gasteiger partial charge in [0.05, 0.1) is 31.7 Å². The third kappa shape index (κ3) is 3.67. The van der Waals surface area contributed by atoms with Crippen molar-refractivity contribution in [3.8, 4) is 11.1 Å². The van der Waals surface area contributed by atoms with Crippen LogP contribution in [-0.4, -0.2) is 63.5 Å². The standard InChI is InChI=1S/C26H25N3O3/c30-17-23-26(20-11-9-19(10-12-20)18-6-2-1-3-7-18)22-15-28(16-25(32)29(22)23)24(31)14-21-8-4-5-13-27-21/h1-13,22-23,26,30H,14-17H2/t22-,23+,26+/m1/s1. The number of aliphatic hydroxyl groups excluding tert-OH is 1. The predicted molar refractivity (Wildman–Crippen MR) is 121 cm³/mol. The van der Waals surface area contributed by atoms with Crippen LogP contribution in [0.15, 0.2) is 79.0 Å². The van der Waals surface area contributed by atoms with E-state index in [1.165, 1.54) is 0 Å². The number of hydrogen-bond donors (Lipinski definition) is 1. The Labute approximate surface area is 187 Å². The number of hydrogen-bond acceptors (Lipinski definition) is 4. The lowest BCUT2D eigenvalue weighted by Gasteiger charge is -2.58. The maximum Gasteiger partial charge on any atom is 0.242 e. The molecular weight excluding hydrogens is 402 g/mol. The highest BCUT2D eigenvalue weighted by Crippen LogP contribution is 2.43. The van der Waals surface area contributed by atoms with Gasteiger partial charge in [-0.05, 0) is 28.8 Å². The van der Waals surface area contributed by atoms with E-state index >= 15 is 0 Å². The minimum absolute atomic E-state index is 0.000719. The SMILES string of the molecule is O=C(Cc1ccccn1)N1CC(=O)N2[C@H](C1)[C@H](c1ccc(-c3ccccc3)cc1)[C@@H]2CO. The van der Waals surface area contributed by atoms with E-state index in [4.69, 9.17) is 0 Å². The highest BCUT2D eigenvalue weighted by atomic mass is 16.3. The zero-order chi connectivity index (χ0) is 22.1. The third-order valence-electron chi connectivity index (χ3n) is 6.57. The molecule has 32 heavy (non-hydrogen) atoms. The lowest BCUT2D eigenvalue weighted by atomic mass is 9.73. The van der Waals surface area contributed by atoms with Gasteiger partial charge in [0.1, 0.15) is 0 Å². The van der Waals surface area contributed by atoms with Crippen molar-refractivity contribution in [2.45, 2.75) is 24.4 Å². The highest BCUT2D eigenvalue weighted by Gasteiger charge is 2.54. The zero-order valence-electron chi connectivity index (χ0n) is 17.7. The van der Waals surface area contributed by atoms with Gasteiger partial charge in [-0.15, -0.1) is 0 Å². The number of nitrogens with zero attached hydrogens (tertiary/aromatic N) is 3. The molecule has 0 saturated carbocycles. The molecule has 162 valence electrons. The average molecular weight is 428 g/mol. The summed E-state index contributed by atoms with van der Waals surface area (Å²) in [5.74, 6) is -0.201. The first-order chi connectivity index (χ1) is 15.7. The Morgan fingerprint density at radius 2 is 1.69 bits per heavy atom. The lowest BCUT2D eigenvalue weighted by Crippen LogP contribution is -2.73. The quantitative estimate of drug-likeness (QED) is 0.679.